The molecule has 0 bridgehead atoms. The number of piperidine rings is 1. The first-order valence-electron chi connectivity index (χ1n) is 11.4. The number of pyridine rings is 1. The Morgan fingerprint density at radius 1 is 1.12 bits per heavy atom. The van der Waals surface area contributed by atoms with Gasteiger partial charge in [-0.1, -0.05) is 55.1 Å². The van der Waals surface area contributed by atoms with E-state index in [1.54, 1.807) is 6.20 Å². The van der Waals surface area contributed by atoms with Gasteiger partial charge >= 0.3 is 0 Å². The van der Waals surface area contributed by atoms with E-state index in [1.165, 1.54) is 35.7 Å². The number of likely N-dealkylation sites (tertiary alicyclic amines) is 1. The summed E-state index contributed by atoms with van der Waals surface area (Å²) in [5.74, 6) is 0.553. The summed E-state index contributed by atoms with van der Waals surface area (Å²) < 4.78 is 0. The topological polar surface area (TPSA) is 80.5 Å². The highest BCUT2D eigenvalue weighted by molar-refractivity contribution is 8.11. The second-order valence-corrected chi connectivity index (χ2v) is 9.96. The predicted octanol–water partition coefficient (Wildman–Crippen LogP) is 4.83. The minimum Gasteiger partial charge on any atom is -0.392 e. The molecule has 0 saturated carbocycles. The smallest absolute Gasteiger partial charge is 0.195 e. The molecule has 2 heterocycles. The van der Waals surface area contributed by atoms with Gasteiger partial charge in [0.25, 0.3) is 0 Å². The Balaban J connectivity index is 1.37. The van der Waals surface area contributed by atoms with E-state index in [0.717, 1.165) is 48.5 Å². The molecule has 0 amide bonds. The molecule has 4 N–H and O–H groups in total. The number of fused-ring (bicyclic) bond motifs is 1. The molecule has 0 atom stereocenters. The van der Waals surface area contributed by atoms with Crippen LogP contribution >= 0.6 is 11.8 Å². The molecule has 1 saturated heterocycles. The zero-order valence-electron chi connectivity index (χ0n) is 19.1. The van der Waals surface area contributed by atoms with Gasteiger partial charge in [0.15, 0.2) is 5.96 Å². The van der Waals surface area contributed by atoms with Crippen LogP contribution in [0.4, 0.5) is 0 Å². The molecule has 168 valence electrons. The van der Waals surface area contributed by atoms with Crippen LogP contribution in [0.5, 0.6) is 0 Å². The molecule has 2 aromatic rings. The minimum absolute atomic E-state index is 0.395. The molecule has 1 aliphatic carbocycles. The number of hydrogen-bond acceptors (Lipinski definition) is 4. The van der Waals surface area contributed by atoms with Crippen molar-refractivity contribution in [1.82, 2.24) is 9.88 Å². The van der Waals surface area contributed by atoms with E-state index >= 15 is 0 Å². The number of benzene rings is 1. The average molecular weight is 448 g/mol. The van der Waals surface area contributed by atoms with Crippen molar-refractivity contribution in [3.8, 4) is 0 Å². The van der Waals surface area contributed by atoms with Gasteiger partial charge in [-0.15, -0.1) is 0 Å². The summed E-state index contributed by atoms with van der Waals surface area (Å²) in [6.07, 6.45) is 11.3. The summed E-state index contributed by atoms with van der Waals surface area (Å²) in [6.45, 7) is 6.02. The Bertz CT molecular complexity index is 1020. The SMILES string of the molecule is CC/C=C(/S/C(N)=C/N=C(\N)N1CCC2(CC1)Cc1ccccc1C2)c1cccnc1C. The largest absolute Gasteiger partial charge is 0.392 e. The van der Waals surface area contributed by atoms with Gasteiger partial charge < -0.3 is 16.4 Å². The molecule has 2 aliphatic rings. The van der Waals surface area contributed by atoms with Gasteiger partial charge in [-0.25, -0.2) is 4.99 Å². The maximum atomic E-state index is 6.33. The van der Waals surface area contributed by atoms with Crippen molar-refractivity contribution >= 4 is 22.6 Å². The molecule has 1 aromatic heterocycles. The highest BCUT2D eigenvalue weighted by Gasteiger charge is 2.39. The van der Waals surface area contributed by atoms with E-state index in [-0.39, 0.29) is 0 Å². The van der Waals surface area contributed by atoms with Gasteiger partial charge in [-0.2, -0.15) is 0 Å². The number of nitrogens with two attached hydrogens (primary N) is 2. The first-order valence-corrected chi connectivity index (χ1v) is 12.2. The molecule has 1 fully saturated rings. The number of nitrogens with zero attached hydrogens (tertiary/aromatic N) is 3. The minimum atomic E-state index is 0.395. The number of rotatable bonds is 5. The molecule has 32 heavy (non-hydrogen) atoms. The molecular weight excluding hydrogens is 414 g/mol. The Labute approximate surface area is 195 Å². The number of aryl methyl sites for hydroxylation is 1. The van der Waals surface area contributed by atoms with E-state index in [2.05, 4.69) is 58.2 Å². The standard InChI is InChI=1S/C26H33N5S/c1-3-7-23(22-10-6-13-29-19(22)2)32-24(27)18-30-25(28)31-14-11-26(12-15-31)16-20-8-4-5-9-21(20)17-26/h4-10,13,18H,3,11-12,14-17,27H2,1-2H3,(H2,28,30)/b23-7+,24-18+. The van der Waals surface area contributed by atoms with Gasteiger partial charge in [-0.05, 0) is 61.6 Å². The molecular formula is C26H33N5S. The van der Waals surface area contributed by atoms with E-state index in [9.17, 15) is 0 Å². The summed E-state index contributed by atoms with van der Waals surface area (Å²) in [7, 11) is 0. The average Bonchev–Trinajstić information content (AvgIpc) is 3.15. The Hall–Kier alpha value is -2.73. The summed E-state index contributed by atoms with van der Waals surface area (Å²) in [5.41, 5.74) is 18.2. The van der Waals surface area contributed by atoms with Crippen LogP contribution in [0.25, 0.3) is 4.91 Å². The summed E-state index contributed by atoms with van der Waals surface area (Å²) >= 11 is 1.51. The van der Waals surface area contributed by atoms with Crippen molar-refractivity contribution in [2.24, 2.45) is 21.9 Å². The highest BCUT2D eigenvalue weighted by atomic mass is 32.2. The number of hydrogen-bond donors (Lipinski definition) is 2. The quantitative estimate of drug-likeness (QED) is 0.507. The first kappa shape index (κ1) is 22.5. The van der Waals surface area contributed by atoms with E-state index < -0.39 is 0 Å². The fourth-order valence-corrected chi connectivity index (χ4v) is 5.77. The van der Waals surface area contributed by atoms with Crippen LogP contribution in [-0.2, 0) is 12.8 Å². The lowest BCUT2D eigenvalue weighted by Crippen LogP contribution is -2.46. The lowest BCUT2D eigenvalue weighted by Gasteiger charge is -2.39. The maximum absolute atomic E-state index is 6.33. The predicted molar refractivity (Wildman–Crippen MR) is 136 cm³/mol. The lowest BCUT2D eigenvalue weighted by atomic mass is 9.76. The molecule has 5 nitrogen and oxygen atoms in total. The number of thioether (sulfide) groups is 1. The fourth-order valence-electron chi connectivity index (χ4n) is 4.84. The first-order chi connectivity index (χ1) is 15.5. The summed E-state index contributed by atoms with van der Waals surface area (Å²) in [5, 5.41) is 0.621. The van der Waals surface area contributed by atoms with Crippen molar-refractivity contribution < 1.29 is 0 Å². The third-order valence-corrected chi connectivity index (χ3v) is 7.56. The molecule has 1 aliphatic heterocycles. The van der Waals surface area contributed by atoms with Crippen LogP contribution in [0, 0.1) is 12.3 Å². The van der Waals surface area contributed by atoms with Crippen molar-refractivity contribution in [3.63, 3.8) is 0 Å². The van der Waals surface area contributed by atoms with Crippen LogP contribution in [0.2, 0.25) is 0 Å². The van der Waals surface area contributed by atoms with Crippen molar-refractivity contribution in [2.45, 2.75) is 46.0 Å². The van der Waals surface area contributed by atoms with Crippen molar-refractivity contribution in [1.29, 1.82) is 0 Å². The molecule has 1 spiro atoms. The van der Waals surface area contributed by atoms with Gasteiger partial charge in [-0.3, -0.25) is 4.98 Å². The summed E-state index contributed by atoms with van der Waals surface area (Å²) in [4.78, 5) is 12.2. The second kappa shape index (κ2) is 9.82. The van der Waals surface area contributed by atoms with Crippen LogP contribution in [0.3, 0.4) is 0 Å². The second-order valence-electron chi connectivity index (χ2n) is 8.84. The van der Waals surface area contributed by atoms with Crippen molar-refractivity contribution in [2.75, 3.05) is 13.1 Å². The van der Waals surface area contributed by atoms with Gasteiger partial charge in [0, 0.05) is 35.4 Å². The van der Waals surface area contributed by atoms with Crippen molar-refractivity contribution in [3.05, 3.63) is 82.3 Å². The normalized spacial score (nSPS) is 18.8. The fraction of sp³-hybridized carbons (Fsp3) is 0.385. The molecule has 1 aromatic carbocycles. The Morgan fingerprint density at radius 2 is 1.81 bits per heavy atom. The maximum Gasteiger partial charge on any atom is 0.195 e. The summed E-state index contributed by atoms with van der Waals surface area (Å²) in [6, 6.07) is 12.9. The lowest BCUT2D eigenvalue weighted by molar-refractivity contribution is 0.157. The van der Waals surface area contributed by atoms with Crippen LogP contribution < -0.4 is 11.5 Å². The zero-order chi connectivity index (χ0) is 22.6. The third kappa shape index (κ3) is 5.01. The van der Waals surface area contributed by atoms with E-state index in [0.29, 0.717) is 16.4 Å². The number of aliphatic imine (C=N–C) groups is 1. The van der Waals surface area contributed by atoms with Gasteiger partial charge in [0.2, 0.25) is 0 Å². The Morgan fingerprint density at radius 3 is 2.44 bits per heavy atom. The zero-order valence-corrected chi connectivity index (χ0v) is 19.9. The molecule has 0 unspecified atom stereocenters. The van der Waals surface area contributed by atoms with Crippen LogP contribution in [0.15, 0.2) is 64.9 Å². The Kier molecular flexibility index (Phi) is 6.89. The molecule has 4 rings (SSSR count). The molecule has 6 heteroatoms. The van der Waals surface area contributed by atoms with Gasteiger partial charge in [0.1, 0.15) is 0 Å². The van der Waals surface area contributed by atoms with Crippen LogP contribution in [0.1, 0.15) is 48.6 Å². The molecule has 0 radical (unpaired) electrons. The van der Waals surface area contributed by atoms with Gasteiger partial charge in [0.05, 0.1) is 11.2 Å². The number of allylic oxidation sites excluding steroid dienone is 1. The van der Waals surface area contributed by atoms with E-state index in [1.807, 2.05) is 19.2 Å². The van der Waals surface area contributed by atoms with E-state index in [4.69, 9.17) is 11.5 Å². The number of aromatic nitrogens is 1. The third-order valence-electron chi connectivity index (χ3n) is 6.61. The number of guanidine groups is 1. The van der Waals surface area contributed by atoms with Crippen LogP contribution in [-0.4, -0.2) is 28.9 Å². The highest BCUT2D eigenvalue weighted by Crippen LogP contribution is 2.44. The monoisotopic (exact) mass is 447 g/mol.